The summed E-state index contributed by atoms with van der Waals surface area (Å²) < 4.78 is 1.75. The summed E-state index contributed by atoms with van der Waals surface area (Å²) in [5.41, 5.74) is 0.863. The van der Waals surface area contributed by atoms with Gasteiger partial charge < -0.3 is 10.4 Å². The van der Waals surface area contributed by atoms with Crippen molar-refractivity contribution < 1.29 is 5.11 Å². The molecule has 1 aliphatic carbocycles. The Bertz CT molecular complexity index is 498. The molecule has 1 fully saturated rings. The van der Waals surface area contributed by atoms with Gasteiger partial charge in [0.05, 0.1) is 6.61 Å². The molecule has 96 valence electrons. The van der Waals surface area contributed by atoms with E-state index in [0.29, 0.717) is 5.95 Å². The van der Waals surface area contributed by atoms with E-state index in [0.717, 1.165) is 25.0 Å². The van der Waals surface area contributed by atoms with Gasteiger partial charge in [-0.1, -0.05) is 18.9 Å². The van der Waals surface area contributed by atoms with E-state index in [1.807, 2.05) is 24.4 Å². The lowest BCUT2D eigenvalue weighted by atomic mass is 9.87. The summed E-state index contributed by atoms with van der Waals surface area (Å²) in [6.45, 7) is 0.994. The van der Waals surface area contributed by atoms with E-state index in [4.69, 9.17) is 0 Å². The van der Waals surface area contributed by atoms with Crippen LogP contribution < -0.4 is 5.32 Å². The van der Waals surface area contributed by atoms with Crippen molar-refractivity contribution in [1.82, 2.24) is 14.6 Å². The molecular weight excluding hydrogens is 228 g/mol. The number of aliphatic hydroxyl groups excluding tert-OH is 1. The van der Waals surface area contributed by atoms with Crippen LogP contribution in [0.5, 0.6) is 0 Å². The number of fused-ring (bicyclic) bond motifs is 1. The van der Waals surface area contributed by atoms with Gasteiger partial charge in [0, 0.05) is 18.2 Å². The smallest absolute Gasteiger partial charge is 0.243 e. The highest BCUT2D eigenvalue weighted by atomic mass is 16.3. The molecule has 0 aromatic carbocycles. The topological polar surface area (TPSA) is 62.5 Å². The Hall–Kier alpha value is -1.62. The summed E-state index contributed by atoms with van der Waals surface area (Å²) in [7, 11) is 0. The van der Waals surface area contributed by atoms with Crippen molar-refractivity contribution in [3.8, 4) is 0 Å². The van der Waals surface area contributed by atoms with Gasteiger partial charge >= 0.3 is 0 Å². The van der Waals surface area contributed by atoms with Crippen LogP contribution in [0, 0.1) is 5.41 Å². The van der Waals surface area contributed by atoms with Crippen LogP contribution in [0.3, 0.4) is 0 Å². The molecule has 3 rings (SSSR count). The molecule has 1 aliphatic rings. The zero-order valence-corrected chi connectivity index (χ0v) is 10.3. The van der Waals surface area contributed by atoms with Gasteiger partial charge in [-0.3, -0.25) is 0 Å². The average molecular weight is 246 g/mol. The van der Waals surface area contributed by atoms with Crippen molar-refractivity contribution in [2.45, 2.75) is 25.7 Å². The van der Waals surface area contributed by atoms with Crippen molar-refractivity contribution in [2.24, 2.45) is 5.41 Å². The lowest BCUT2D eigenvalue weighted by molar-refractivity contribution is 0.142. The second-order valence-electron chi connectivity index (χ2n) is 5.16. The van der Waals surface area contributed by atoms with E-state index in [1.54, 1.807) is 4.52 Å². The minimum atomic E-state index is 0.0253. The van der Waals surface area contributed by atoms with E-state index in [1.165, 1.54) is 12.8 Å². The molecule has 0 saturated heterocycles. The largest absolute Gasteiger partial charge is 0.396 e. The second kappa shape index (κ2) is 4.57. The molecule has 0 amide bonds. The molecule has 0 bridgehead atoms. The summed E-state index contributed by atoms with van der Waals surface area (Å²) in [5, 5.41) is 17.2. The number of rotatable bonds is 4. The van der Waals surface area contributed by atoms with Crippen LogP contribution in [0.25, 0.3) is 5.65 Å². The minimum absolute atomic E-state index is 0.0253. The Kier molecular flexibility index (Phi) is 2.91. The van der Waals surface area contributed by atoms with Crippen molar-refractivity contribution in [3.05, 3.63) is 24.4 Å². The number of aliphatic hydroxyl groups is 1. The normalized spacial score (nSPS) is 18.3. The fourth-order valence-corrected chi connectivity index (χ4v) is 2.69. The maximum absolute atomic E-state index is 9.55. The maximum Gasteiger partial charge on any atom is 0.243 e. The van der Waals surface area contributed by atoms with Crippen molar-refractivity contribution in [2.75, 3.05) is 18.5 Å². The Morgan fingerprint density at radius 1 is 1.33 bits per heavy atom. The Morgan fingerprint density at radius 3 is 2.89 bits per heavy atom. The van der Waals surface area contributed by atoms with Gasteiger partial charge in [0.2, 0.25) is 5.95 Å². The highest BCUT2D eigenvalue weighted by molar-refractivity contribution is 5.42. The number of anilines is 1. The quantitative estimate of drug-likeness (QED) is 0.862. The molecule has 0 spiro atoms. The molecule has 0 radical (unpaired) electrons. The summed E-state index contributed by atoms with van der Waals surface area (Å²) in [6, 6.07) is 5.80. The second-order valence-corrected chi connectivity index (χ2v) is 5.16. The Labute approximate surface area is 106 Å². The van der Waals surface area contributed by atoms with Crippen LogP contribution in [-0.2, 0) is 0 Å². The fraction of sp³-hybridized carbons (Fsp3) is 0.538. The average Bonchev–Trinajstić information content (AvgIpc) is 3.03. The molecular formula is C13H18N4O. The molecule has 5 nitrogen and oxygen atoms in total. The standard InChI is InChI=1S/C13H18N4O/c18-10-13(6-2-3-7-13)9-14-12-15-11-5-1-4-8-17(11)16-12/h1,4-5,8,18H,2-3,6-7,9-10H2,(H,14,16). The predicted octanol–water partition coefficient (Wildman–Crippen LogP) is 1.69. The van der Waals surface area contributed by atoms with E-state index in [-0.39, 0.29) is 12.0 Å². The number of nitrogens with zero attached hydrogens (tertiary/aromatic N) is 3. The first-order valence-electron chi connectivity index (χ1n) is 6.48. The van der Waals surface area contributed by atoms with Crippen LogP contribution in [0.1, 0.15) is 25.7 Å². The van der Waals surface area contributed by atoms with Gasteiger partial charge in [-0.25, -0.2) is 4.52 Å². The highest BCUT2D eigenvalue weighted by Gasteiger charge is 2.33. The van der Waals surface area contributed by atoms with Crippen LogP contribution in [0.2, 0.25) is 0 Å². The van der Waals surface area contributed by atoms with Crippen LogP contribution in [0.4, 0.5) is 5.95 Å². The van der Waals surface area contributed by atoms with Crippen molar-refractivity contribution >= 4 is 11.6 Å². The molecule has 0 atom stereocenters. The summed E-state index contributed by atoms with van der Waals surface area (Å²) in [4.78, 5) is 4.40. The number of pyridine rings is 1. The third-order valence-corrected chi connectivity index (χ3v) is 3.86. The lowest BCUT2D eigenvalue weighted by Gasteiger charge is -2.26. The zero-order valence-electron chi connectivity index (χ0n) is 10.3. The van der Waals surface area contributed by atoms with Gasteiger partial charge in [-0.05, 0) is 25.0 Å². The number of nitrogens with one attached hydrogen (secondary N) is 1. The first kappa shape index (κ1) is 11.5. The predicted molar refractivity (Wildman–Crippen MR) is 69.5 cm³/mol. The summed E-state index contributed by atoms with van der Waals surface area (Å²) in [6.07, 6.45) is 6.47. The highest BCUT2D eigenvalue weighted by Crippen LogP contribution is 2.37. The third-order valence-electron chi connectivity index (χ3n) is 3.86. The summed E-state index contributed by atoms with van der Waals surface area (Å²) in [5.74, 6) is 0.640. The SMILES string of the molecule is OCC1(CNc2nc3ccccn3n2)CCCC1. The minimum Gasteiger partial charge on any atom is -0.396 e. The van der Waals surface area contributed by atoms with Crippen molar-refractivity contribution in [1.29, 1.82) is 0 Å². The molecule has 0 unspecified atom stereocenters. The molecule has 0 aliphatic heterocycles. The first-order chi connectivity index (χ1) is 8.81. The third kappa shape index (κ3) is 2.06. The van der Waals surface area contributed by atoms with Crippen LogP contribution in [-0.4, -0.2) is 32.9 Å². The maximum atomic E-state index is 9.55. The molecule has 2 aromatic rings. The van der Waals surface area contributed by atoms with E-state index < -0.39 is 0 Å². The van der Waals surface area contributed by atoms with Crippen molar-refractivity contribution in [3.63, 3.8) is 0 Å². The van der Waals surface area contributed by atoms with E-state index in [2.05, 4.69) is 15.4 Å². The molecule has 2 N–H and O–H groups in total. The zero-order chi connectivity index (χ0) is 12.4. The number of hydrogen-bond donors (Lipinski definition) is 2. The Morgan fingerprint density at radius 2 is 2.17 bits per heavy atom. The van der Waals surface area contributed by atoms with Crippen LogP contribution >= 0.6 is 0 Å². The van der Waals surface area contributed by atoms with Gasteiger partial charge in [-0.2, -0.15) is 4.98 Å². The van der Waals surface area contributed by atoms with Gasteiger partial charge in [0.15, 0.2) is 5.65 Å². The van der Waals surface area contributed by atoms with E-state index in [9.17, 15) is 5.11 Å². The lowest BCUT2D eigenvalue weighted by Crippen LogP contribution is -2.30. The van der Waals surface area contributed by atoms with Crippen LogP contribution in [0.15, 0.2) is 24.4 Å². The molecule has 2 heterocycles. The monoisotopic (exact) mass is 246 g/mol. The Balaban J connectivity index is 1.72. The molecule has 1 saturated carbocycles. The molecule has 5 heteroatoms. The van der Waals surface area contributed by atoms with Gasteiger partial charge in [-0.15, -0.1) is 5.10 Å². The number of hydrogen-bond acceptors (Lipinski definition) is 4. The van der Waals surface area contributed by atoms with Gasteiger partial charge in [0.25, 0.3) is 0 Å². The molecule has 18 heavy (non-hydrogen) atoms. The first-order valence-corrected chi connectivity index (χ1v) is 6.48. The molecule has 2 aromatic heterocycles. The van der Waals surface area contributed by atoms with Gasteiger partial charge in [0.1, 0.15) is 0 Å². The number of aromatic nitrogens is 3. The van der Waals surface area contributed by atoms with E-state index >= 15 is 0 Å². The summed E-state index contributed by atoms with van der Waals surface area (Å²) >= 11 is 0. The fourth-order valence-electron chi connectivity index (χ4n) is 2.69.